The standard InChI is InChI=1S/C18H23NO5/c1-11-9-12(2)14(13(10-11)22-3)15-16(20)18(24-17(15)21)5-7-19(23-4)8-6-18/h9-10,20H,5-8H2,1-4H3. The van der Waals surface area contributed by atoms with Crippen LogP contribution in [0.1, 0.15) is 29.5 Å². The van der Waals surface area contributed by atoms with Crippen LogP contribution in [-0.2, 0) is 14.4 Å². The second-order valence-corrected chi connectivity index (χ2v) is 6.38. The minimum absolute atomic E-state index is 0.00788. The van der Waals surface area contributed by atoms with Gasteiger partial charge in [0, 0.05) is 31.5 Å². The van der Waals surface area contributed by atoms with Crippen LogP contribution in [0.25, 0.3) is 5.57 Å². The van der Waals surface area contributed by atoms with E-state index >= 15 is 0 Å². The number of rotatable bonds is 3. The summed E-state index contributed by atoms with van der Waals surface area (Å²) in [6.07, 6.45) is 0.990. The number of carbonyl (C=O) groups is 1. The maximum Gasteiger partial charge on any atom is 0.343 e. The van der Waals surface area contributed by atoms with Crippen molar-refractivity contribution < 1.29 is 24.2 Å². The lowest BCUT2D eigenvalue weighted by Gasteiger charge is -2.36. The molecule has 3 rings (SSSR count). The Labute approximate surface area is 141 Å². The van der Waals surface area contributed by atoms with Crippen LogP contribution in [0, 0.1) is 13.8 Å². The molecular formula is C18H23NO5. The molecule has 1 aromatic carbocycles. The van der Waals surface area contributed by atoms with Gasteiger partial charge < -0.3 is 19.4 Å². The molecule has 0 saturated carbocycles. The Balaban J connectivity index is 2.07. The molecule has 0 aromatic heterocycles. The van der Waals surface area contributed by atoms with Gasteiger partial charge in [0.1, 0.15) is 11.3 Å². The third-order valence-electron chi connectivity index (χ3n) is 4.86. The van der Waals surface area contributed by atoms with Gasteiger partial charge in [0.25, 0.3) is 0 Å². The van der Waals surface area contributed by atoms with Gasteiger partial charge in [-0.15, -0.1) is 0 Å². The normalized spacial score (nSPS) is 20.6. The van der Waals surface area contributed by atoms with Gasteiger partial charge in [-0.25, -0.2) is 4.79 Å². The van der Waals surface area contributed by atoms with E-state index in [1.807, 2.05) is 26.0 Å². The molecule has 1 fully saturated rings. The SMILES string of the molecule is COc1cc(C)cc(C)c1C1=C(O)C2(CCN(OC)CC2)OC1=O. The minimum atomic E-state index is -0.955. The van der Waals surface area contributed by atoms with Gasteiger partial charge >= 0.3 is 5.97 Å². The molecule has 1 aromatic rings. The minimum Gasteiger partial charge on any atom is -0.507 e. The number of aliphatic hydroxyl groups excluding tert-OH is 1. The van der Waals surface area contributed by atoms with Crippen LogP contribution in [0.4, 0.5) is 0 Å². The molecule has 130 valence electrons. The zero-order valence-electron chi connectivity index (χ0n) is 14.5. The number of esters is 1. The number of carbonyl (C=O) groups excluding carboxylic acids is 1. The molecule has 1 spiro atoms. The molecule has 0 amide bonds. The van der Waals surface area contributed by atoms with Crippen molar-refractivity contribution in [3.63, 3.8) is 0 Å². The summed E-state index contributed by atoms with van der Waals surface area (Å²) in [5.74, 6) is 0.0782. The predicted octanol–water partition coefficient (Wildman–Crippen LogP) is 2.53. The highest BCUT2D eigenvalue weighted by molar-refractivity contribution is 6.20. The van der Waals surface area contributed by atoms with Crippen LogP contribution in [0.2, 0.25) is 0 Å². The molecule has 6 heteroatoms. The Hall–Kier alpha value is -2.05. The monoisotopic (exact) mass is 333 g/mol. The fourth-order valence-electron chi connectivity index (χ4n) is 3.60. The number of hydrogen-bond acceptors (Lipinski definition) is 6. The number of methoxy groups -OCH3 is 1. The summed E-state index contributed by atoms with van der Waals surface area (Å²) in [4.78, 5) is 17.8. The Morgan fingerprint density at radius 1 is 1.21 bits per heavy atom. The van der Waals surface area contributed by atoms with E-state index in [-0.39, 0.29) is 11.3 Å². The Kier molecular flexibility index (Phi) is 4.27. The number of piperidine rings is 1. The third kappa shape index (κ3) is 2.56. The molecule has 2 aliphatic heterocycles. The molecule has 2 heterocycles. The molecule has 0 radical (unpaired) electrons. The van der Waals surface area contributed by atoms with E-state index < -0.39 is 11.6 Å². The first kappa shape index (κ1) is 16.8. The number of aliphatic hydroxyl groups is 1. The fraction of sp³-hybridized carbons (Fsp3) is 0.500. The largest absolute Gasteiger partial charge is 0.507 e. The van der Waals surface area contributed by atoms with E-state index in [0.29, 0.717) is 37.2 Å². The smallest absolute Gasteiger partial charge is 0.343 e. The first-order chi connectivity index (χ1) is 11.4. The van der Waals surface area contributed by atoms with Crippen LogP contribution >= 0.6 is 0 Å². The van der Waals surface area contributed by atoms with Crippen LogP contribution in [0.15, 0.2) is 17.9 Å². The molecule has 0 atom stereocenters. The van der Waals surface area contributed by atoms with Crippen molar-refractivity contribution in [2.75, 3.05) is 27.3 Å². The fourth-order valence-corrected chi connectivity index (χ4v) is 3.60. The summed E-state index contributed by atoms with van der Waals surface area (Å²) in [5.41, 5.74) is 1.77. The molecule has 0 unspecified atom stereocenters. The number of hydroxylamine groups is 2. The second kappa shape index (κ2) is 6.11. The average molecular weight is 333 g/mol. The molecule has 1 saturated heterocycles. The second-order valence-electron chi connectivity index (χ2n) is 6.38. The molecular weight excluding hydrogens is 310 g/mol. The summed E-state index contributed by atoms with van der Waals surface area (Å²) in [5, 5.41) is 12.7. The molecule has 0 aliphatic carbocycles. The lowest BCUT2D eigenvalue weighted by Crippen LogP contribution is -2.45. The highest BCUT2D eigenvalue weighted by Crippen LogP contribution is 2.45. The van der Waals surface area contributed by atoms with Crippen LogP contribution < -0.4 is 4.74 Å². The number of ether oxygens (including phenoxy) is 2. The third-order valence-corrected chi connectivity index (χ3v) is 4.86. The lowest BCUT2D eigenvalue weighted by molar-refractivity contribution is -0.182. The van der Waals surface area contributed by atoms with E-state index in [0.717, 1.165) is 11.1 Å². The van der Waals surface area contributed by atoms with Crippen LogP contribution in [0.3, 0.4) is 0 Å². The lowest BCUT2D eigenvalue weighted by atomic mass is 9.87. The number of nitrogens with zero attached hydrogens (tertiary/aromatic N) is 1. The first-order valence-electron chi connectivity index (χ1n) is 8.03. The highest BCUT2D eigenvalue weighted by atomic mass is 16.7. The quantitative estimate of drug-likeness (QED) is 0.858. The van der Waals surface area contributed by atoms with Crippen LogP contribution in [0.5, 0.6) is 5.75 Å². The summed E-state index contributed by atoms with van der Waals surface area (Å²) >= 11 is 0. The topological polar surface area (TPSA) is 68.2 Å². The molecule has 0 bridgehead atoms. The maximum absolute atomic E-state index is 12.6. The summed E-state index contributed by atoms with van der Waals surface area (Å²) in [6.45, 7) is 5.04. The zero-order chi connectivity index (χ0) is 17.5. The van der Waals surface area contributed by atoms with E-state index in [1.54, 1.807) is 19.3 Å². The van der Waals surface area contributed by atoms with Crippen molar-refractivity contribution >= 4 is 11.5 Å². The van der Waals surface area contributed by atoms with Gasteiger partial charge in [0.05, 0.1) is 14.2 Å². The van der Waals surface area contributed by atoms with Crippen molar-refractivity contribution in [2.24, 2.45) is 0 Å². The van der Waals surface area contributed by atoms with Crippen molar-refractivity contribution in [2.45, 2.75) is 32.3 Å². The van der Waals surface area contributed by atoms with Gasteiger partial charge in [0.2, 0.25) is 0 Å². The molecule has 6 nitrogen and oxygen atoms in total. The van der Waals surface area contributed by atoms with Crippen molar-refractivity contribution in [3.8, 4) is 5.75 Å². The molecule has 2 aliphatic rings. The first-order valence-corrected chi connectivity index (χ1v) is 8.03. The molecule has 24 heavy (non-hydrogen) atoms. The number of benzene rings is 1. The van der Waals surface area contributed by atoms with Crippen molar-refractivity contribution in [1.29, 1.82) is 0 Å². The van der Waals surface area contributed by atoms with Gasteiger partial charge in [-0.1, -0.05) is 6.07 Å². The molecule has 1 N–H and O–H groups in total. The van der Waals surface area contributed by atoms with Gasteiger partial charge in [-0.2, -0.15) is 5.06 Å². The van der Waals surface area contributed by atoms with Gasteiger partial charge in [0.15, 0.2) is 11.4 Å². The zero-order valence-corrected chi connectivity index (χ0v) is 14.5. The van der Waals surface area contributed by atoms with Gasteiger partial charge in [-0.3, -0.25) is 0 Å². The number of aryl methyl sites for hydroxylation is 2. The van der Waals surface area contributed by atoms with E-state index in [4.69, 9.17) is 14.3 Å². The van der Waals surface area contributed by atoms with Gasteiger partial charge in [-0.05, 0) is 31.0 Å². The van der Waals surface area contributed by atoms with Crippen molar-refractivity contribution in [3.05, 3.63) is 34.6 Å². The predicted molar refractivity (Wildman–Crippen MR) is 88.7 cm³/mol. The highest BCUT2D eigenvalue weighted by Gasteiger charge is 2.51. The van der Waals surface area contributed by atoms with E-state index in [9.17, 15) is 9.90 Å². The Morgan fingerprint density at radius 2 is 1.88 bits per heavy atom. The maximum atomic E-state index is 12.6. The van der Waals surface area contributed by atoms with Crippen molar-refractivity contribution in [1.82, 2.24) is 5.06 Å². The summed E-state index contributed by atoms with van der Waals surface area (Å²) in [6, 6.07) is 3.82. The Bertz CT molecular complexity index is 702. The van der Waals surface area contributed by atoms with Crippen LogP contribution in [-0.4, -0.2) is 49.0 Å². The van der Waals surface area contributed by atoms with E-state index in [1.165, 1.54) is 0 Å². The Morgan fingerprint density at radius 3 is 2.46 bits per heavy atom. The number of hydrogen-bond donors (Lipinski definition) is 1. The summed E-state index contributed by atoms with van der Waals surface area (Å²) < 4.78 is 11.1. The van der Waals surface area contributed by atoms with E-state index in [2.05, 4.69) is 0 Å². The summed E-state index contributed by atoms with van der Waals surface area (Å²) in [7, 11) is 3.17. The average Bonchev–Trinajstić information content (AvgIpc) is 2.79.